The lowest BCUT2D eigenvalue weighted by molar-refractivity contribution is 0.189. The Labute approximate surface area is 131 Å². The normalized spacial score (nSPS) is 12.0. The second kappa shape index (κ2) is 6.91. The van der Waals surface area contributed by atoms with E-state index in [4.69, 9.17) is 9.47 Å². The van der Waals surface area contributed by atoms with Crippen LogP contribution in [0.1, 0.15) is 24.2 Å². The van der Waals surface area contributed by atoms with Crippen LogP contribution in [0.5, 0.6) is 11.5 Å². The van der Waals surface area contributed by atoms with Crippen molar-refractivity contribution in [3.05, 3.63) is 57.8 Å². The summed E-state index contributed by atoms with van der Waals surface area (Å²) in [5.74, 6) is 0.260. The summed E-state index contributed by atoms with van der Waals surface area (Å²) in [5.41, 5.74) is 1.05. The zero-order valence-corrected chi connectivity index (χ0v) is 13.4. The molecule has 2 rings (SSSR count). The van der Waals surface area contributed by atoms with Crippen LogP contribution in [0.3, 0.4) is 0 Å². The van der Waals surface area contributed by atoms with E-state index in [1.54, 1.807) is 37.3 Å². The van der Waals surface area contributed by atoms with E-state index in [9.17, 15) is 9.50 Å². The summed E-state index contributed by atoms with van der Waals surface area (Å²) in [6.45, 7) is 1.71. The monoisotopic (exact) mass is 354 g/mol. The number of rotatable bonds is 5. The van der Waals surface area contributed by atoms with Gasteiger partial charge in [-0.25, -0.2) is 4.39 Å². The van der Waals surface area contributed by atoms with Crippen molar-refractivity contribution in [2.75, 3.05) is 7.11 Å². The smallest absolute Gasteiger partial charge is 0.171 e. The summed E-state index contributed by atoms with van der Waals surface area (Å²) in [4.78, 5) is 0. The van der Waals surface area contributed by atoms with Crippen LogP contribution in [0.15, 0.2) is 40.9 Å². The molecule has 0 aliphatic carbocycles. The van der Waals surface area contributed by atoms with Gasteiger partial charge in [-0.05, 0) is 25.1 Å². The lowest BCUT2D eigenvalue weighted by atomic mass is 10.1. The Morgan fingerprint density at radius 2 is 2.00 bits per heavy atom. The van der Waals surface area contributed by atoms with Crippen molar-refractivity contribution >= 4 is 15.9 Å². The molecule has 0 saturated carbocycles. The molecule has 2 aromatic carbocycles. The van der Waals surface area contributed by atoms with Gasteiger partial charge in [0, 0.05) is 15.6 Å². The van der Waals surface area contributed by atoms with E-state index in [-0.39, 0.29) is 12.4 Å². The largest absolute Gasteiger partial charge is 0.494 e. The van der Waals surface area contributed by atoms with Crippen molar-refractivity contribution in [2.45, 2.75) is 19.6 Å². The van der Waals surface area contributed by atoms with Gasteiger partial charge in [0.1, 0.15) is 12.4 Å². The van der Waals surface area contributed by atoms with Crippen LogP contribution in [0.25, 0.3) is 0 Å². The number of ether oxygens (including phenoxy) is 2. The molecule has 0 aromatic heterocycles. The standard InChI is InChI=1S/C16H16BrFO3/c1-10(19)13-7-6-12(17)8-15(13)21-9-11-4-3-5-14(20-2)16(11)18/h3-8,10,19H,9H2,1-2H3. The van der Waals surface area contributed by atoms with Gasteiger partial charge in [-0.15, -0.1) is 0 Å². The van der Waals surface area contributed by atoms with Gasteiger partial charge in [-0.3, -0.25) is 0 Å². The molecule has 3 nitrogen and oxygen atoms in total. The molecule has 2 aromatic rings. The lowest BCUT2D eigenvalue weighted by Gasteiger charge is -2.14. The van der Waals surface area contributed by atoms with E-state index in [0.717, 1.165) is 4.47 Å². The first-order valence-electron chi connectivity index (χ1n) is 6.44. The van der Waals surface area contributed by atoms with E-state index in [1.807, 2.05) is 6.07 Å². The highest BCUT2D eigenvalue weighted by atomic mass is 79.9. The molecule has 21 heavy (non-hydrogen) atoms. The lowest BCUT2D eigenvalue weighted by Crippen LogP contribution is -2.03. The van der Waals surface area contributed by atoms with Crippen LogP contribution < -0.4 is 9.47 Å². The van der Waals surface area contributed by atoms with Gasteiger partial charge in [0.2, 0.25) is 0 Å². The maximum atomic E-state index is 14.1. The highest BCUT2D eigenvalue weighted by Gasteiger charge is 2.12. The molecule has 0 amide bonds. The number of benzene rings is 2. The molecule has 0 aliphatic rings. The second-order valence-corrected chi connectivity index (χ2v) is 5.50. The third kappa shape index (κ3) is 3.74. The summed E-state index contributed by atoms with van der Waals surface area (Å²) >= 11 is 3.35. The molecular weight excluding hydrogens is 339 g/mol. The van der Waals surface area contributed by atoms with E-state index >= 15 is 0 Å². The number of aliphatic hydroxyl groups excluding tert-OH is 1. The molecule has 0 spiro atoms. The quantitative estimate of drug-likeness (QED) is 0.873. The number of halogens is 2. The number of methoxy groups -OCH3 is 1. The molecule has 0 saturated heterocycles. The van der Waals surface area contributed by atoms with Gasteiger partial charge in [-0.1, -0.05) is 34.1 Å². The highest BCUT2D eigenvalue weighted by Crippen LogP contribution is 2.30. The van der Waals surface area contributed by atoms with E-state index < -0.39 is 11.9 Å². The maximum Gasteiger partial charge on any atom is 0.171 e. The first-order chi connectivity index (χ1) is 10.0. The minimum absolute atomic E-state index is 0.0548. The molecule has 1 N–H and O–H groups in total. The predicted molar refractivity (Wildman–Crippen MR) is 82.1 cm³/mol. The van der Waals surface area contributed by atoms with Crippen molar-refractivity contribution in [3.8, 4) is 11.5 Å². The average Bonchev–Trinajstić information content (AvgIpc) is 2.46. The topological polar surface area (TPSA) is 38.7 Å². The third-order valence-electron chi connectivity index (χ3n) is 3.07. The van der Waals surface area contributed by atoms with Crippen LogP contribution in [0.4, 0.5) is 4.39 Å². The zero-order chi connectivity index (χ0) is 15.4. The van der Waals surface area contributed by atoms with Crippen molar-refractivity contribution in [1.29, 1.82) is 0 Å². The summed E-state index contributed by atoms with van der Waals surface area (Å²) in [6, 6.07) is 10.2. The fourth-order valence-electron chi connectivity index (χ4n) is 1.96. The van der Waals surface area contributed by atoms with Crippen LogP contribution in [-0.4, -0.2) is 12.2 Å². The van der Waals surface area contributed by atoms with Crippen LogP contribution in [0.2, 0.25) is 0 Å². The number of aliphatic hydroxyl groups is 1. The maximum absolute atomic E-state index is 14.1. The van der Waals surface area contributed by atoms with E-state index in [1.165, 1.54) is 7.11 Å². The van der Waals surface area contributed by atoms with Crippen molar-refractivity contribution in [3.63, 3.8) is 0 Å². The molecule has 0 heterocycles. The van der Waals surface area contributed by atoms with Gasteiger partial charge >= 0.3 is 0 Å². The molecule has 5 heteroatoms. The minimum atomic E-state index is -0.664. The summed E-state index contributed by atoms with van der Waals surface area (Å²) < 4.78 is 25.5. The van der Waals surface area contributed by atoms with Crippen LogP contribution in [0, 0.1) is 5.82 Å². The average molecular weight is 355 g/mol. The Balaban J connectivity index is 2.22. The number of hydrogen-bond donors (Lipinski definition) is 1. The van der Waals surface area contributed by atoms with Gasteiger partial charge in [-0.2, -0.15) is 0 Å². The molecule has 0 fully saturated rings. The molecular formula is C16H16BrFO3. The van der Waals surface area contributed by atoms with Crippen molar-refractivity contribution in [2.24, 2.45) is 0 Å². The van der Waals surface area contributed by atoms with Crippen LogP contribution >= 0.6 is 15.9 Å². The Morgan fingerprint density at radius 3 is 2.67 bits per heavy atom. The first-order valence-corrected chi connectivity index (χ1v) is 7.24. The predicted octanol–water partition coefficient (Wildman–Crippen LogP) is 4.23. The minimum Gasteiger partial charge on any atom is -0.494 e. The van der Waals surface area contributed by atoms with Crippen LogP contribution in [-0.2, 0) is 6.61 Å². The second-order valence-electron chi connectivity index (χ2n) is 4.58. The summed E-state index contributed by atoms with van der Waals surface area (Å²) in [7, 11) is 1.42. The van der Waals surface area contributed by atoms with Gasteiger partial charge in [0.05, 0.1) is 13.2 Å². The summed E-state index contributed by atoms with van der Waals surface area (Å²) in [6.07, 6.45) is -0.664. The van der Waals surface area contributed by atoms with Gasteiger partial charge < -0.3 is 14.6 Å². The molecule has 1 unspecified atom stereocenters. The Hall–Kier alpha value is -1.59. The Bertz CT molecular complexity index is 629. The molecule has 0 aliphatic heterocycles. The fourth-order valence-corrected chi connectivity index (χ4v) is 2.30. The van der Waals surface area contributed by atoms with E-state index in [0.29, 0.717) is 16.9 Å². The molecule has 1 atom stereocenters. The van der Waals surface area contributed by atoms with Gasteiger partial charge in [0.25, 0.3) is 0 Å². The SMILES string of the molecule is COc1cccc(COc2cc(Br)ccc2C(C)O)c1F. The third-order valence-corrected chi connectivity index (χ3v) is 3.57. The van der Waals surface area contributed by atoms with Gasteiger partial charge in [0.15, 0.2) is 11.6 Å². The van der Waals surface area contributed by atoms with Crippen molar-refractivity contribution < 1.29 is 19.0 Å². The van der Waals surface area contributed by atoms with E-state index in [2.05, 4.69) is 15.9 Å². The Morgan fingerprint density at radius 1 is 1.24 bits per heavy atom. The fraction of sp³-hybridized carbons (Fsp3) is 0.250. The first kappa shape index (κ1) is 15.8. The molecule has 112 valence electrons. The molecule has 0 radical (unpaired) electrons. The molecule has 0 bridgehead atoms. The van der Waals surface area contributed by atoms with Crippen molar-refractivity contribution in [1.82, 2.24) is 0 Å². The Kier molecular flexibility index (Phi) is 5.20. The number of hydrogen-bond acceptors (Lipinski definition) is 3. The summed E-state index contributed by atoms with van der Waals surface area (Å²) in [5, 5.41) is 9.74. The zero-order valence-electron chi connectivity index (χ0n) is 11.8. The highest BCUT2D eigenvalue weighted by molar-refractivity contribution is 9.10.